The van der Waals surface area contributed by atoms with Crippen molar-refractivity contribution in [3.05, 3.63) is 52.8 Å². The van der Waals surface area contributed by atoms with Crippen molar-refractivity contribution in [1.82, 2.24) is 15.0 Å². The first kappa shape index (κ1) is 16.3. The molecule has 6 nitrogen and oxygen atoms in total. The van der Waals surface area contributed by atoms with Crippen molar-refractivity contribution < 1.29 is 9.90 Å². The first-order valence-corrected chi connectivity index (χ1v) is 9.82. The van der Waals surface area contributed by atoms with Gasteiger partial charge < -0.3 is 15.4 Å². The van der Waals surface area contributed by atoms with Crippen molar-refractivity contribution in [2.75, 3.05) is 5.32 Å². The minimum Gasteiger partial charge on any atom is -0.480 e. The molecule has 3 N–H and O–H groups in total. The molecule has 0 spiro atoms. The fourth-order valence-corrected chi connectivity index (χ4v) is 5.15. The molecule has 0 unspecified atom stereocenters. The number of benzene rings is 1. The second-order valence-corrected chi connectivity index (χ2v) is 7.94. The number of H-pyrrole nitrogens is 1. The molecular formula is C20H18N4O2S. The Labute approximate surface area is 159 Å². The van der Waals surface area contributed by atoms with Gasteiger partial charge in [-0.3, -0.25) is 0 Å². The number of para-hydroxylation sites is 1. The van der Waals surface area contributed by atoms with Crippen LogP contribution in [0.15, 0.2) is 36.8 Å². The highest BCUT2D eigenvalue weighted by Gasteiger charge is 2.25. The van der Waals surface area contributed by atoms with E-state index in [0.717, 1.165) is 45.9 Å². The van der Waals surface area contributed by atoms with Gasteiger partial charge in [0.05, 0.1) is 5.39 Å². The van der Waals surface area contributed by atoms with Gasteiger partial charge in [0, 0.05) is 28.4 Å². The summed E-state index contributed by atoms with van der Waals surface area (Å²) in [5.41, 5.74) is 3.28. The summed E-state index contributed by atoms with van der Waals surface area (Å²) in [4.78, 5) is 26.2. The van der Waals surface area contributed by atoms with Gasteiger partial charge in [-0.2, -0.15) is 0 Å². The number of hydrogen-bond acceptors (Lipinski definition) is 5. The molecule has 7 heteroatoms. The average molecular weight is 378 g/mol. The highest BCUT2D eigenvalue weighted by molar-refractivity contribution is 7.19. The van der Waals surface area contributed by atoms with E-state index in [0.29, 0.717) is 12.2 Å². The third-order valence-electron chi connectivity index (χ3n) is 5.21. The van der Waals surface area contributed by atoms with Gasteiger partial charge in [-0.15, -0.1) is 11.3 Å². The summed E-state index contributed by atoms with van der Waals surface area (Å²) in [6.45, 7) is 0. The molecule has 1 atom stereocenters. The van der Waals surface area contributed by atoms with Crippen molar-refractivity contribution in [1.29, 1.82) is 0 Å². The van der Waals surface area contributed by atoms with E-state index in [2.05, 4.69) is 20.3 Å². The zero-order valence-electron chi connectivity index (χ0n) is 14.5. The number of nitrogens with zero attached hydrogens (tertiary/aromatic N) is 2. The highest BCUT2D eigenvalue weighted by Crippen LogP contribution is 2.39. The van der Waals surface area contributed by atoms with Crippen LogP contribution in [0.3, 0.4) is 0 Å². The Kier molecular flexibility index (Phi) is 3.82. The summed E-state index contributed by atoms with van der Waals surface area (Å²) >= 11 is 1.70. The summed E-state index contributed by atoms with van der Waals surface area (Å²) in [6, 6.07) is 7.16. The molecule has 4 aromatic rings. The molecule has 27 heavy (non-hydrogen) atoms. The third kappa shape index (κ3) is 2.75. The monoisotopic (exact) mass is 378 g/mol. The van der Waals surface area contributed by atoms with Crippen LogP contribution < -0.4 is 5.32 Å². The molecule has 0 aliphatic heterocycles. The van der Waals surface area contributed by atoms with Crippen LogP contribution in [-0.4, -0.2) is 32.1 Å². The topological polar surface area (TPSA) is 90.9 Å². The fourth-order valence-electron chi connectivity index (χ4n) is 3.92. The lowest BCUT2D eigenvalue weighted by molar-refractivity contribution is -0.137. The number of thiophene rings is 1. The Balaban J connectivity index is 1.51. The van der Waals surface area contributed by atoms with Gasteiger partial charge in [-0.1, -0.05) is 18.2 Å². The molecule has 1 aliphatic carbocycles. The third-order valence-corrected chi connectivity index (χ3v) is 6.41. The van der Waals surface area contributed by atoms with Crippen LogP contribution in [0.5, 0.6) is 0 Å². The minimum absolute atomic E-state index is 0.372. The van der Waals surface area contributed by atoms with E-state index in [4.69, 9.17) is 0 Å². The number of aromatic nitrogens is 3. The van der Waals surface area contributed by atoms with Gasteiger partial charge in [0.15, 0.2) is 0 Å². The van der Waals surface area contributed by atoms with Crippen molar-refractivity contribution in [3.8, 4) is 0 Å². The first-order valence-electron chi connectivity index (χ1n) is 9.00. The highest BCUT2D eigenvalue weighted by atomic mass is 32.1. The molecular weight excluding hydrogens is 360 g/mol. The number of nitrogens with one attached hydrogen (secondary N) is 2. The summed E-state index contributed by atoms with van der Waals surface area (Å²) in [5.74, 6) is -0.259. The number of fused-ring (bicyclic) bond motifs is 4. The SMILES string of the molecule is O=C(O)[C@H](Cc1c[nH]c2ccccc12)Nc1ncnc2sc3c(c12)CCC3. The Morgan fingerprint density at radius 2 is 2.19 bits per heavy atom. The zero-order chi connectivity index (χ0) is 18.4. The second kappa shape index (κ2) is 6.35. The van der Waals surface area contributed by atoms with E-state index in [1.165, 1.54) is 16.8 Å². The summed E-state index contributed by atoms with van der Waals surface area (Å²) in [6.07, 6.45) is 7.01. The maximum Gasteiger partial charge on any atom is 0.326 e. The Morgan fingerprint density at radius 3 is 3.07 bits per heavy atom. The zero-order valence-corrected chi connectivity index (χ0v) is 15.3. The number of aryl methyl sites for hydroxylation is 2. The average Bonchev–Trinajstić information content (AvgIpc) is 3.35. The van der Waals surface area contributed by atoms with E-state index in [1.807, 2.05) is 30.5 Å². The number of anilines is 1. The van der Waals surface area contributed by atoms with E-state index in [1.54, 1.807) is 11.3 Å². The molecule has 0 fully saturated rings. The van der Waals surface area contributed by atoms with Gasteiger partial charge in [-0.05, 0) is 36.5 Å². The largest absolute Gasteiger partial charge is 0.480 e. The van der Waals surface area contributed by atoms with Crippen LogP contribution in [-0.2, 0) is 24.1 Å². The molecule has 1 aromatic carbocycles. The number of carboxylic acid groups (broad SMARTS) is 1. The number of aliphatic carboxylic acids is 1. The second-order valence-electron chi connectivity index (χ2n) is 6.86. The summed E-state index contributed by atoms with van der Waals surface area (Å²) in [5, 5.41) is 15.0. The molecule has 0 saturated carbocycles. The quantitative estimate of drug-likeness (QED) is 0.492. The van der Waals surface area contributed by atoms with E-state index < -0.39 is 12.0 Å². The van der Waals surface area contributed by atoms with Crippen LogP contribution in [0, 0.1) is 0 Å². The van der Waals surface area contributed by atoms with Crippen LogP contribution in [0.1, 0.15) is 22.4 Å². The maximum absolute atomic E-state index is 12.0. The normalized spacial score (nSPS) is 14.5. The summed E-state index contributed by atoms with van der Waals surface area (Å²) in [7, 11) is 0. The van der Waals surface area contributed by atoms with Crippen LogP contribution in [0.2, 0.25) is 0 Å². The Hall–Kier alpha value is -2.93. The molecule has 136 valence electrons. The first-order chi connectivity index (χ1) is 13.2. The molecule has 3 heterocycles. The number of rotatable bonds is 5. The number of aromatic amines is 1. The van der Waals surface area contributed by atoms with Crippen LogP contribution in [0.4, 0.5) is 5.82 Å². The van der Waals surface area contributed by atoms with Gasteiger partial charge >= 0.3 is 5.97 Å². The Morgan fingerprint density at radius 1 is 1.30 bits per heavy atom. The maximum atomic E-state index is 12.0. The Bertz CT molecular complexity index is 1160. The molecule has 5 rings (SSSR count). The van der Waals surface area contributed by atoms with E-state index >= 15 is 0 Å². The van der Waals surface area contributed by atoms with Crippen molar-refractivity contribution in [3.63, 3.8) is 0 Å². The molecule has 0 saturated heterocycles. The van der Waals surface area contributed by atoms with Gasteiger partial charge in [0.25, 0.3) is 0 Å². The summed E-state index contributed by atoms with van der Waals surface area (Å²) < 4.78 is 0. The van der Waals surface area contributed by atoms with Gasteiger partial charge in [-0.25, -0.2) is 14.8 Å². The predicted octanol–water partition coefficient (Wildman–Crippen LogP) is 3.77. The van der Waals surface area contributed by atoms with Crippen molar-refractivity contribution in [2.45, 2.75) is 31.7 Å². The smallest absolute Gasteiger partial charge is 0.326 e. The lowest BCUT2D eigenvalue weighted by Crippen LogP contribution is -2.32. The molecule has 0 bridgehead atoms. The number of carboxylic acids is 1. The fraction of sp³-hybridized carbons (Fsp3) is 0.250. The van der Waals surface area contributed by atoms with E-state index in [-0.39, 0.29) is 0 Å². The lowest BCUT2D eigenvalue weighted by atomic mass is 10.0. The molecule has 0 amide bonds. The number of carbonyl (C=O) groups is 1. The van der Waals surface area contributed by atoms with Gasteiger partial charge in [0.2, 0.25) is 0 Å². The van der Waals surface area contributed by atoms with Crippen molar-refractivity contribution >= 4 is 44.2 Å². The molecule has 1 aliphatic rings. The van der Waals surface area contributed by atoms with Crippen LogP contribution in [0.25, 0.3) is 21.1 Å². The van der Waals surface area contributed by atoms with E-state index in [9.17, 15) is 9.90 Å². The number of hydrogen-bond donors (Lipinski definition) is 3. The molecule has 0 radical (unpaired) electrons. The predicted molar refractivity (Wildman–Crippen MR) is 106 cm³/mol. The molecule has 3 aromatic heterocycles. The van der Waals surface area contributed by atoms with Crippen molar-refractivity contribution in [2.24, 2.45) is 0 Å². The minimum atomic E-state index is -0.890. The van der Waals surface area contributed by atoms with Gasteiger partial charge in [0.1, 0.15) is 23.0 Å². The lowest BCUT2D eigenvalue weighted by Gasteiger charge is -2.16. The standard InChI is InChI=1S/C20H18N4O2S/c25-20(26)15(8-11-9-21-14-6-2-1-4-12(11)14)24-18-17-13-5-3-7-16(13)27-19(17)23-10-22-18/h1-2,4,6,9-10,15,21H,3,5,7-8H2,(H,25,26)(H,22,23,24)/t15-/m0/s1. The van der Waals surface area contributed by atoms with Crippen LogP contribution >= 0.6 is 11.3 Å².